The van der Waals surface area contributed by atoms with Crippen molar-refractivity contribution in [3.63, 3.8) is 0 Å². The van der Waals surface area contributed by atoms with Crippen molar-refractivity contribution in [1.82, 2.24) is 0 Å². The molecule has 87 valence electrons. The van der Waals surface area contributed by atoms with E-state index in [2.05, 4.69) is 0 Å². The van der Waals surface area contributed by atoms with Gasteiger partial charge in [0.2, 0.25) is 6.29 Å². The predicted octanol–water partition coefficient (Wildman–Crippen LogP) is 0.869. The number of benzene rings is 1. The maximum absolute atomic E-state index is 10.5. The minimum atomic E-state index is -1.12. The number of nitro benzene ring substituents is 3. The SMILES string of the molecule is O=[C]c1c([N+](=O)[O-])cc([N+](=O)[O-])cc1[N+](=O)[O-]. The van der Waals surface area contributed by atoms with Crippen molar-refractivity contribution < 1.29 is 19.6 Å². The summed E-state index contributed by atoms with van der Waals surface area (Å²) < 4.78 is 0. The molecule has 0 aliphatic carbocycles. The summed E-state index contributed by atoms with van der Waals surface area (Å²) in [5, 5.41) is 31.4. The van der Waals surface area contributed by atoms with Crippen LogP contribution in [0.4, 0.5) is 17.1 Å². The van der Waals surface area contributed by atoms with E-state index in [1.165, 1.54) is 0 Å². The van der Waals surface area contributed by atoms with Crippen LogP contribution < -0.4 is 0 Å². The molecule has 0 aliphatic heterocycles. The van der Waals surface area contributed by atoms with E-state index in [0.29, 0.717) is 12.1 Å². The maximum atomic E-state index is 10.5. The molecule has 0 amide bonds. The van der Waals surface area contributed by atoms with Gasteiger partial charge in [-0.25, -0.2) is 0 Å². The highest BCUT2D eigenvalue weighted by atomic mass is 16.6. The van der Waals surface area contributed by atoms with Crippen molar-refractivity contribution in [3.8, 4) is 0 Å². The third-order valence-electron chi connectivity index (χ3n) is 1.79. The van der Waals surface area contributed by atoms with Crippen molar-refractivity contribution in [2.45, 2.75) is 0 Å². The summed E-state index contributed by atoms with van der Waals surface area (Å²) in [7, 11) is 0. The first-order valence-corrected chi connectivity index (χ1v) is 3.88. The van der Waals surface area contributed by atoms with Crippen LogP contribution in [0.5, 0.6) is 0 Å². The molecule has 1 aromatic rings. The maximum Gasteiger partial charge on any atom is 0.294 e. The number of nitrogens with zero attached hydrogens (tertiary/aromatic N) is 3. The summed E-state index contributed by atoms with van der Waals surface area (Å²) in [6.45, 7) is 0. The Bertz CT molecular complexity index is 503. The van der Waals surface area contributed by atoms with Gasteiger partial charge in [0.1, 0.15) is 0 Å². The van der Waals surface area contributed by atoms with E-state index in [9.17, 15) is 35.1 Å². The predicted molar refractivity (Wildman–Crippen MR) is 51.2 cm³/mol. The van der Waals surface area contributed by atoms with Crippen molar-refractivity contribution in [2.24, 2.45) is 0 Å². The van der Waals surface area contributed by atoms with Gasteiger partial charge < -0.3 is 0 Å². The van der Waals surface area contributed by atoms with Crippen LogP contribution in [0, 0.1) is 30.3 Å². The third-order valence-corrected chi connectivity index (χ3v) is 1.79. The molecule has 0 aliphatic rings. The zero-order valence-electron chi connectivity index (χ0n) is 7.85. The number of carbonyl (C=O) groups excluding carboxylic acids is 1. The zero-order chi connectivity index (χ0) is 13.2. The second kappa shape index (κ2) is 4.30. The summed E-state index contributed by atoms with van der Waals surface area (Å²) >= 11 is 0. The molecule has 10 nitrogen and oxygen atoms in total. The van der Waals surface area contributed by atoms with Crippen LogP contribution in [0.15, 0.2) is 12.1 Å². The summed E-state index contributed by atoms with van der Waals surface area (Å²) in [4.78, 5) is 38.6. The van der Waals surface area contributed by atoms with E-state index >= 15 is 0 Å². The second-order valence-corrected chi connectivity index (χ2v) is 2.73. The van der Waals surface area contributed by atoms with Gasteiger partial charge in [0.15, 0.2) is 5.56 Å². The number of nitro groups is 3. The molecule has 0 atom stereocenters. The topological polar surface area (TPSA) is 146 Å². The molecule has 0 N–H and O–H groups in total. The first-order valence-electron chi connectivity index (χ1n) is 3.88. The molecule has 1 aromatic carbocycles. The van der Waals surface area contributed by atoms with Crippen molar-refractivity contribution in [1.29, 1.82) is 0 Å². The summed E-state index contributed by atoms with van der Waals surface area (Å²) in [6, 6.07) is 0.931. The van der Waals surface area contributed by atoms with Crippen molar-refractivity contribution in [2.75, 3.05) is 0 Å². The highest BCUT2D eigenvalue weighted by Crippen LogP contribution is 2.31. The van der Waals surface area contributed by atoms with Gasteiger partial charge >= 0.3 is 0 Å². The molecule has 0 aromatic heterocycles. The van der Waals surface area contributed by atoms with Crippen molar-refractivity contribution >= 4 is 23.3 Å². The molecular formula is C7H2N3O7. The number of non-ortho nitro benzene ring substituents is 1. The molecule has 10 heteroatoms. The molecule has 1 radical (unpaired) electrons. The Balaban J connectivity index is 3.68. The second-order valence-electron chi connectivity index (χ2n) is 2.73. The van der Waals surface area contributed by atoms with Gasteiger partial charge in [0.25, 0.3) is 17.1 Å². The molecule has 0 fully saturated rings. The van der Waals surface area contributed by atoms with Crippen LogP contribution in [0.1, 0.15) is 5.56 Å². The molecule has 0 saturated carbocycles. The fraction of sp³-hybridized carbons (Fsp3) is 0. The van der Waals surface area contributed by atoms with Crippen LogP contribution >= 0.6 is 0 Å². The van der Waals surface area contributed by atoms with Gasteiger partial charge in [-0.15, -0.1) is 0 Å². The Morgan fingerprint density at radius 3 is 1.53 bits per heavy atom. The number of rotatable bonds is 4. The molecule has 0 heterocycles. The quantitative estimate of drug-likeness (QED) is 0.559. The summed E-state index contributed by atoms with van der Waals surface area (Å²) in [5.74, 6) is 0. The van der Waals surface area contributed by atoms with Crippen LogP contribution in [0.3, 0.4) is 0 Å². The molecule has 0 bridgehead atoms. The van der Waals surface area contributed by atoms with E-state index in [1.807, 2.05) is 0 Å². The normalized spacial score (nSPS) is 9.65. The Morgan fingerprint density at radius 1 is 0.882 bits per heavy atom. The minimum Gasteiger partial charge on any atom is -0.284 e. The molecular weight excluding hydrogens is 238 g/mol. The Hall–Kier alpha value is -2.91. The van der Waals surface area contributed by atoms with E-state index < -0.39 is 37.4 Å². The molecule has 0 spiro atoms. The van der Waals surface area contributed by atoms with E-state index in [0.717, 1.165) is 6.29 Å². The van der Waals surface area contributed by atoms with Gasteiger partial charge in [-0.3, -0.25) is 35.1 Å². The summed E-state index contributed by atoms with van der Waals surface area (Å²) in [6.07, 6.45) is 1.04. The van der Waals surface area contributed by atoms with Crippen LogP contribution in [-0.4, -0.2) is 21.1 Å². The number of hydrogen-bond acceptors (Lipinski definition) is 7. The number of hydrogen-bond donors (Lipinski definition) is 0. The fourth-order valence-corrected chi connectivity index (χ4v) is 1.10. The molecule has 17 heavy (non-hydrogen) atoms. The smallest absolute Gasteiger partial charge is 0.284 e. The largest absolute Gasteiger partial charge is 0.294 e. The lowest BCUT2D eigenvalue weighted by atomic mass is 10.1. The van der Waals surface area contributed by atoms with E-state index in [-0.39, 0.29) is 0 Å². The molecule has 0 saturated heterocycles. The van der Waals surface area contributed by atoms with Gasteiger partial charge in [-0.05, 0) is 0 Å². The average molecular weight is 240 g/mol. The lowest BCUT2D eigenvalue weighted by Crippen LogP contribution is -2.02. The highest BCUT2D eigenvalue weighted by molar-refractivity contribution is 5.89. The highest BCUT2D eigenvalue weighted by Gasteiger charge is 2.30. The van der Waals surface area contributed by atoms with E-state index in [4.69, 9.17) is 0 Å². The lowest BCUT2D eigenvalue weighted by Gasteiger charge is -1.97. The van der Waals surface area contributed by atoms with Gasteiger partial charge in [0.05, 0.1) is 26.9 Å². The Kier molecular flexibility index (Phi) is 3.08. The van der Waals surface area contributed by atoms with Crippen LogP contribution in [-0.2, 0) is 4.79 Å². The van der Waals surface area contributed by atoms with E-state index in [1.54, 1.807) is 0 Å². The van der Waals surface area contributed by atoms with Crippen molar-refractivity contribution in [3.05, 3.63) is 48.0 Å². The zero-order valence-corrected chi connectivity index (χ0v) is 7.85. The van der Waals surface area contributed by atoms with Gasteiger partial charge in [-0.1, -0.05) is 0 Å². The van der Waals surface area contributed by atoms with Gasteiger partial charge in [0, 0.05) is 0 Å². The summed E-state index contributed by atoms with van der Waals surface area (Å²) in [5.41, 5.74) is -3.82. The Labute approximate surface area is 91.9 Å². The first kappa shape index (κ1) is 12.2. The van der Waals surface area contributed by atoms with Gasteiger partial charge in [-0.2, -0.15) is 0 Å². The molecule has 0 unspecified atom stereocenters. The van der Waals surface area contributed by atoms with Crippen LogP contribution in [0.25, 0.3) is 0 Å². The monoisotopic (exact) mass is 240 g/mol. The Morgan fingerprint density at radius 2 is 1.29 bits per heavy atom. The first-order chi connectivity index (χ1) is 7.88. The lowest BCUT2D eigenvalue weighted by molar-refractivity contribution is -0.403. The average Bonchev–Trinajstić information content (AvgIpc) is 2.26. The fourth-order valence-electron chi connectivity index (χ4n) is 1.10. The third kappa shape index (κ3) is 2.19. The standard InChI is InChI=1S/C7H2N3O7/c11-3-5-6(9(14)15)1-4(8(12)13)2-7(5)10(16)17/h1-2H. The minimum absolute atomic E-state index is 0.466. The molecule has 1 rings (SSSR count). The van der Waals surface area contributed by atoms with Crippen LogP contribution in [0.2, 0.25) is 0 Å².